The minimum atomic E-state index is -0.368. The lowest BCUT2D eigenvalue weighted by molar-refractivity contribution is 0.101. The highest BCUT2D eigenvalue weighted by Crippen LogP contribution is 2.34. The van der Waals surface area contributed by atoms with E-state index in [1.165, 1.54) is 25.0 Å². The van der Waals surface area contributed by atoms with Crippen molar-refractivity contribution in [3.05, 3.63) is 45.8 Å². The van der Waals surface area contributed by atoms with Gasteiger partial charge in [-0.05, 0) is 55.8 Å². The minimum absolute atomic E-state index is 0.197. The number of nitrogens with one attached hydrogen (secondary N) is 1. The highest BCUT2D eigenvalue weighted by Gasteiger charge is 2.37. The van der Waals surface area contributed by atoms with Crippen molar-refractivity contribution in [2.45, 2.75) is 25.8 Å². The Morgan fingerprint density at radius 2 is 2.03 bits per heavy atom. The summed E-state index contributed by atoms with van der Waals surface area (Å²) >= 11 is 12.5. The van der Waals surface area contributed by atoms with Gasteiger partial charge in [-0.25, -0.2) is 9.37 Å². The molecule has 2 saturated heterocycles. The second kappa shape index (κ2) is 9.86. The van der Waals surface area contributed by atoms with E-state index >= 15 is 0 Å². The van der Waals surface area contributed by atoms with E-state index in [2.05, 4.69) is 25.1 Å². The molecule has 2 fully saturated rings. The molecule has 0 radical (unpaired) electrons. The number of hydrogen-bond donors (Lipinski definition) is 2. The van der Waals surface area contributed by atoms with E-state index in [9.17, 15) is 9.50 Å². The normalized spacial score (nSPS) is 21.1. The molecule has 1 aromatic carbocycles. The molecule has 4 rings (SSSR count). The summed E-state index contributed by atoms with van der Waals surface area (Å²) in [7, 11) is 0. The molecule has 0 amide bonds. The van der Waals surface area contributed by atoms with Gasteiger partial charge in [-0.2, -0.15) is 4.98 Å². The number of halogens is 3. The quantitative estimate of drug-likeness (QED) is 0.634. The van der Waals surface area contributed by atoms with E-state index in [0.717, 1.165) is 38.3 Å². The summed E-state index contributed by atoms with van der Waals surface area (Å²) in [5.41, 5.74) is 0.771. The van der Waals surface area contributed by atoms with Crippen LogP contribution in [0.2, 0.25) is 10.0 Å². The highest BCUT2D eigenvalue weighted by atomic mass is 35.5. The first-order valence-corrected chi connectivity index (χ1v) is 11.5. The summed E-state index contributed by atoms with van der Waals surface area (Å²) in [6.45, 7) is 6.91. The van der Waals surface area contributed by atoms with Gasteiger partial charge in [-0.15, -0.1) is 0 Å². The number of benzene rings is 1. The zero-order chi connectivity index (χ0) is 22.0. The lowest BCUT2D eigenvalue weighted by Crippen LogP contribution is -2.54. The van der Waals surface area contributed by atoms with Gasteiger partial charge in [0.25, 0.3) is 0 Å². The first kappa shape index (κ1) is 22.5. The Morgan fingerprint density at radius 1 is 1.23 bits per heavy atom. The van der Waals surface area contributed by atoms with Crippen LogP contribution in [-0.4, -0.2) is 59.3 Å². The van der Waals surface area contributed by atoms with Crippen LogP contribution < -0.4 is 10.2 Å². The van der Waals surface area contributed by atoms with Gasteiger partial charge in [0.05, 0.1) is 18.8 Å². The van der Waals surface area contributed by atoms with Crippen molar-refractivity contribution < 1.29 is 9.50 Å². The zero-order valence-electron chi connectivity index (χ0n) is 17.6. The van der Waals surface area contributed by atoms with Crippen molar-refractivity contribution in [3.63, 3.8) is 0 Å². The summed E-state index contributed by atoms with van der Waals surface area (Å²) in [4.78, 5) is 13.6. The third-order valence-electron chi connectivity index (χ3n) is 6.33. The summed E-state index contributed by atoms with van der Waals surface area (Å²) in [6.07, 6.45) is 4.04. The van der Waals surface area contributed by atoms with E-state index in [-0.39, 0.29) is 18.5 Å². The Balaban J connectivity index is 1.38. The molecule has 31 heavy (non-hydrogen) atoms. The monoisotopic (exact) mass is 467 g/mol. The van der Waals surface area contributed by atoms with Crippen LogP contribution in [0.3, 0.4) is 0 Å². The van der Waals surface area contributed by atoms with Crippen molar-refractivity contribution >= 4 is 35.0 Å². The molecule has 9 heteroatoms. The molecule has 0 saturated carbocycles. The average Bonchev–Trinajstić information content (AvgIpc) is 2.70. The molecule has 2 aliphatic heterocycles. The minimum Gasteiger partial charge on any atom is -0.395 e. The van der Waals surface area contributed by atoms with Gasteiger partial charge in [0.2, 0.25) is 5.95 Å². The van der Waals surface area contributed by atoms with Crippen molar-refractivity contribution in [1.82, 2.24) is 14.9 Å². The first-order valence-electron chi connectivity index (χ1n) is 10.8. The third kappa shape index (κ3) is 5.22. The molecule has 168 valence electrons. The maximum absolute atomic E-state index is 13.3. The van der Waals surface area contributed by atoms with Gasteiger partial charge in [0, 0.05) is 31.2 Å². The summed E-state index contributed by atoms with van der Waals surface area (Å²) < 4.78 is 13.3. The predicted molar refractivity (Wildman–Crippen MR) is 122 cm³/mol. The van der Waals surface area contributed by atoms with Crippen LogP contribution in [0.25, 0.3) is 0 Å². The SMILES string of the molecule is C[C@@H](Nc1nc(N2CC([C@H]3CCCN(CCO)C3)C2)ncc1Cl)c1ccc(F)cc1Cl. The molecule has 0 aliphatic carbocycles. The molecule has 2 atom stereocenters. The maximum atomic E-state index is 13.3. The fourth-order valence-corrected chi connectivity index (χ4v) is 5.02. The molecule has 6 nitrogen and oxygen atoms in total. The van der Waals surface area contributed by atoms with Gasteiger partial charge in [-0.3, -0.25) is 0 Å². The van der Waals surface area contributed by atoms with E-state index in [1.54, 1.807) is 12.3 Å². The highest BCUT2D eigenvalue weighted by molar-refractivity contribution is 6.33. The predicted octanol–water partition coefficient (Wildman–Crippen LogP) is 4.24. The molecule has 0 bridgehead atoms. The molecular weight excluding hydrogens is 440 g/mol. The Morgan fingerprint density at radius 3 is 2.77 bits per heavy atom. The van der Waals surface area contributed by atoms with Gasteiger partial charge >= 0.3 is 0 Å². The van der Waals surface area contributed by atoms with E-state index in [4.69, 9.17) is 23.2 Å². The van der Waals surface area contributed by atoms with Crippen LogP contribution >= 0.6 is 23.2 Å². The molecule has 3 heterocycles. The Kier molecular flexibility index (Phi) is 7.16. The van der Waals surface area contributed by atoms with Gasteiger partial charge in [0.15, 0.2) is 5.82 Å². The van der Waals surface area contributed by atoms with Crippen LogP contribution in [0, 0.1) is 17.7 Å². The largest absolute Gasteiger partial charge is 0.395 e. The molecule has 0 unspecified atom stereocenters. The number of anilines is 2. The molecule has 2 aromatic rings. The van der Waals surface area contributed by atoms with E-state index < -0.39 is 0 Å². The molecule has 2 N–H and O–H groups in total. The average molecular weight is 468 g/mol. The molecule has 0 spiro atoms. The van der Waals surface area contributed by atoms with Crippen molar-refractivity contribution in [2.24, 2.45) is 11.8 Å². The lowest BCUT2D eigenvalue weighted by Gasteiger charge is -2.46. The number of piperidine rings is 1. The summed E-state index contributed by atoms with van der Waals surface area (Å²) in [5.74, 6) is 2.10. The van der Waals surface area contributed by atoms with E-state index in [0.29, 0.717) is 33.6 Å². The first-order chi connectivity index (χ1) is 14.9. The standard InChI is InChI=1S/C22H28Cl2FN5O/c1-14(18-5-4-17(25)9-19(18)23)27-21-20(24)10-26-22(28-21)30-12-16(13-30)15-3-2-6-29(11-15)7-8-31/h4-5,9-10,14-16,31H,2-3,6-8,11-13H2,1H3,(H,26,27,28)/t14-,15+/m1/s1. The number of likely N-dealkylation sites (tertiary alicyclic amines) is 1. The summed E-state index contributed by atoms with van der Waals surface area (Å²) in [6, 6.07) is 4.15. The van der Waals surface area contributed by atoms with Crippen LogP contribution in [-0.2, 0) is 0 Å². The number of hydrogen-bond acceptors (Lipinski definition) is 6. The molecule has 2 aliphatic rings. The van der Waals surface area contributed by atoms with Crippen LogP contribution in [0.5, 0.6) is 0 Å². The molecular formula is C22H28Cl2FN5O. The fraction of sp³-hybridized carbons (Fsp3) is 0.545. The Hall–Kier alpha value is -1.67. The Labute approximate surface area is 192 Å². The van der Waals surface area contributed by atoms with Gasteiger partial charge in [0.1, 0.15) is 10.8 Å². The van der Waals surface area contributed by atoms with Gasteiger partial charge in [-0.1, -0.05) is 29.3 Å². The van der Waals surface area contributed by atoms with E-state index in [1.807, 2.05) is 6.92 Å². The number of aromatic nitrogens is 2. The second-order valence-corrected chi connectivity index (χ2v) is 9.30. The maximum Gasteiger partial charge on any atom is 0.227 e. The smallest absolute Gasteiger partial charge is 0.227 e. The lowest BCUT2D eigenvalue weighted by atomic mass is 9.81. The van der Waals surface area contributed by atoms with Crippen LogP contribution in [0.1, 0.15) is 31.4 Å². The van der Waals surface area contributed by atoms with Crippen LogP contribution in [0.4, 0.5) is 16.2 Å². The number of aliphatic hydroxyl groups is 1. The summed E-state index contributed by atoms with van der Waals surface area (Å²) in [5, 5.41) is 13.3. The number of aliphatic hydroxyl groups excluding tert-OH is 1. The van der Waals surface area contributed by atoms with Crippen molar-refractivity contribution in [2.75, 3.05) is 49.5 Å². The van der Waals surface area contributed by atoms with Crippen LogP contribution in [0.15, 0.2) is 24.4 Å². The number of nitrogens with zero attached hydrogens (tertiary/aromatic N) is 4. The topological polar surface area (TPSA) is 64.5 Å². The van der Waals surface area contributed by atoms with Crippen molar-refractivity contribution in [3.8, 4) is 0 Å². The Bertz CT molecular complexity index is 909. The van der Waals surface area contributed by atoms with Crippen molar-refractivity contribution in [1.29, 1.82) is 0 Å². The fourth-order valence-electron chi connectivity index (χ4n) is 4.54. The second-order valence-electron chi connectivity index (χ2n) is 8.49. The zero-order valence-corrected chi connectivity index (χ0v) is 19.1. The number of rotatable bonds is 7. The number of β-amino-alcohol motifs (C(OH)–C–C–N with tert-alkyl or cyclic N) is 1. The third-order valence-corrected chi connectivity index (χ3v) is 6.94. The van der Waals surface area contributed by atoms with Gasteiger partial charge < -0.3 is 20.2 Å². The molecule has 1 aromatic heterocycles.